The minimum atomic E-state index is -0.789. The van der Waals surface area contributed by atoms with Crippen LogP contribution in [0.4, 0.5) is 15.3 Å². The van der Waals surface area contributed by atoms with Crippen LogP contribution in [0.1, 0.15) is 45.6 Å². The van der Waals surface area contributed by atoms with Gasteiger partial charge >= 0.3 is 12.2 Å². The van der Waals surface area contributed by atoms with E-state index in [9.17, 15) is 14.4 Å². The fourth-order valence-corrected chi connectivity index (χ4v) is 2.38. The molecule has 1 radical (unpaired) electrons. The lowest BCUT2D eigenvalue weighted by Gasteiger charge is -2.20. The summed E-state index contributed by atoms with van der Waals surface area (Å²) in [4.78, 5) is 36.2. The van der Waals surface area contributed by atoms with Gasteiger partial charge in [0.1, 0.15) is 18.2 Å². The summed E-state index contributed by atoms with van der Waals surface area (Å²) in [6.45, 7) is 13.1. The number of carbonyl (C=O) groups excluding carboxylic acids is 3. The van der Waals surface area contributed by atoms with Gasteiger partial charge in [0, 0.05) is 12.2 Å². The number of unbranched alkanes of at least 4 members (excludes halogenated alkanes) is 1. The van der Waals surface area contributed by atoms with Crippen LogP contribution < -0.4 is 16.0 Å². The van der Waals surface area contributed by atoms with E-state index in [1.807, 2.05) is 0 Å². The van der Waals surface area contributed by atoms with Crippen molar-refractivity contribution in [1.82, 2.24) is 10.6 Å². The summed E-state index contributed by atoms with van der Waals surface area (Å²) in [6.07, 6.45) is 1.83. The van der Waals surface area contributed by atoms with E-state index in [0.29, 0.717) is 31.5 Å². The standard InChI is InChI=1S/C22H32N3O5/c1-6-15-29-21(28)25-18(19(26)24-17-12-10-16(2)11-13-17)9-7-8-14-23-20(27)30-22(3,4)5/h6,10-13,18H,1-2,7-9,14-15H2,3-5H3,(H,23,27)(H,24,26)(H,25,28)/t18-/m0/s1. The van der Waals surface area contributed by atoms with E-state index in [4.69, 9.17) is 9.47 Å². The highest BCUT2D eigenvalue weighted by Gasteiger charge is 2.21. The molecule has 0 aliphatic carbocycles. The van der Waals surface area contributed by atoms with Crippen LogP contribution in [-0.2, 0) is 14.3 Å². The van der Waals surface area contributed by atoms with Gasteiger partial charge in [-0.1, -0.05) is 24.8 Å². The normalized spacial score (nSPS) is 11.7. The zero-order chi connectivity index (χ0) is 22.6. The highest BCUT2D eigenvalue weighted by molar-refractivity contribution is 5.96. The van der Waals surface area contributed by atoms with Crippen LogP contribution in [0, 0.1) is 6.92 Å². The Labute approximate surface area is 178 Å². The van der Waals surface area contributed by atoms with Gasteiger partial charge < -0.3 is 25.4 Å². The van der Waals surface area contributed by atoms with E-state index >= 15 is 0 Å². The Morgan fingerprint density at radius 1 is 1.10 bits per heavy atom. The topological polar surface area (TPSA) is 106 Å². The molecule has 0 spiro atoms. The first-order chi connectivity index (χ1) is 14.1. The van der Waals surface area contributed by atoms with Crippen molar-refractivity contribution in [2.75, 3.05) is 18.5 Å². The number of ether oxygens (including phenoxy) is 2. The molecule has 1 aromatic carbocycles. The Balaban J connectivity index is 2.55. The second-order valence-corrected chi connectivity index (χ2v) is 7.69. The van der Waals surface area contributed by atoms with E-state index in [1.165, 1.54) is 6.08 Å². The number of benzene rings is 1. The van der Waals surface area contributed by atoms with Crippen molar-refractivity contribution in [1.29, 1.82) is 0 Å². The number of amides is 3. The molecule has 3 N–H and O–H groups in total. The van der Waals surface area contributed by atoms with Gasteiger partial charge in [0.2, 0.25) is 5.91 Å². The van der Waals surface area contributed by atoms with Crippen LogP contribution in [0.15, 0.2) is 36.9 Å². The van der Waals surface area contributed by atoms with Gasteiger partial charge in [-0.2, -0.15) is 0 Å². The van der Waals surface area contributed by atoms with E-state index in [1.54, 1.807) is 45.0 Å². The molecule has 0 heterocycles. The maximum Gasteiger partial charge on any atom is 0.408 e. The number of rotatable bonds is 10. The number of hydrogen-bond acceptors (Lipinski definition) is 5. The van der Waals surface area contributed by atoms with Crippen LogP contribution in [0.5, 0.6) is 0 Å². The predicted octanol–water partition coefficient (Wildman–Crippen LogP) is 3.78. The summed E-state index contributed by atoms with van der Waals surface area (Å²) in [5.74, 6) is -0.359. The van der Waals surface area contributed by atoms with Gasteiger partial charge in [-0.15, -0.1) is 0 Å². The third kappa shape index (κ3) is 11.1. The van der Waals surface area contributed by atoms with Gasteiger partial charge in [0.25, 0.3) is 0 Å². The number of alkyl carbamates (subject to hydrolysis) is 2. The Bertz CT molecular complexity index is 710. The largest absolute Gasteiger partial charge is 0.445 e. The smallest absolute Gasteiger partial charge is 0.408 e. The molecule has 0 fully saturated rings. The molecule has 8 nitrogen and oxygen atoms in total. The first kappa shape index (κ1) is 25.0. The van der Waals surface area contributed by atoms with Gasteiger partial charge in [0.05, 0.1) is 0 Å². The first-order valence-corrected chi connectivity index (χ1v) is 9.84. The average Bonchev–Trinajstić information content (AvgIpc) is 2.65. The zero-order valence-electron chi connectivity index (χ0n) is 18.0. The summed E-state index contributed by atoms with van der Waals surface area (Å²) < 4.78 is 10.1. The lowest BCUT2D eigenvalue weighted by atomic mass is 10.1. The Kier molecular flexibility index (Phi) is 10.4. The van der Waals surface area contributed by atoms with Crippen LogP contribution in [0.25, 0.3) is 0 Å². The molecule has 0 unspecified atom stereocenters. The van der Waals surface area contributed by atoms with Crippen molar-refractivity contribution in [3.8, 4) is 0 Å². The average molecular weight is 419 g/mol. The van der Waals surface area contributed by atoms with Crippen molar-refractivity contribution in [3.05, 3.63) is 49.4 Å². The molecule has 0 bridgehead atoms. The molecule has 0 aliphatic rings. The highest BCUT2D eigenvalue weighted by Crippen LogP contribution is 2.11. The molecular formula is C22H32N3O5. The maximum atomic E-state index is 12.6. The first-order valence-electron chi connectivity index (χ1n) is 9.84. The molecule has 1 aromatic rings. The zero-order valence-corrected chi connectivity index (χ0v) is 18.0. The second-order valence-electron chi connectivity index (χ2n) is 7.69. The molecule has 165 valence electrons. The molecule has 3 amide bonds. The monoisotopic (exact) mass is 418 g/mol. The van der Waals surface area contributed by atoms with Gasteiger partial charge in [0.15, 0.2) is 0 Å². The molecule has 30 heavy (non-hydrogen) atoms. The summed E-state index contributed by atoms with van der Waals surface area (Å²) in [6, 6.07) is 6.23. The minimum absolute atomic E-state index is 0.0466. The Morgan fingerprint density at radius 3 is 2.37 bits per heavy atom. The SMILES string of the molecule is [CH2]c1ccc(NC(=O)[C@H](CCCCNC(=O)OC(C)(C)C)NC(=O)OCC=C)cc1. The minimum Gasteiger partial charge on any atom is -0.445 e. The Morgan fingerprint density at radius 2 is 1.77 bits per heavy atom. The molecular weight excluding hydrogens is 386 g/mol. The molecule has 0 saturated heterocycles. The molecule has 1 rings (SSSR count). The van der Waals surface area contributed by atoms with Crippen molar-refractivity contribution in [3.63, 3.8) is 0 Å². The number of anilines is 1. The van der Waals surface area contributed by atoms with Crippen molar-refractivity contribution in [2.45, 2.75) is 51.7 Å². The fourth-order valence-electron chi connectivity index (χ4n) is 2.38. The van der Waals surface area contributed by atoms with Crippen molar-refractivity contribution in [2.24, 2.45) is 0 Å². The number of hydrogen-bond donors (Lipinski definition) is 3. The summed E-state index contributed by atoms with van der Waals surface area (Å²) in [7, 11) is 0. The van der Waals surface area contributed by atoms with Crippen molar-refractivity contribution < 1.29 is 23.9 Å². The predicted molar refractivity (Wildman–Crippen MR) is 116 cm³/mol. The molecule has 0 aromatic heterocycles. The lowest BCUT2D eigenvalue weighted by Crippen LogP contribution is -2.44. The summed E-state index contributed by atoms with van der Waals surface area (Å²) >= 11 is 0. The molecule has 0 saturated carbocycles. The van der Waals surface area contributed by atoms with Gasteiger partial charge in [-0.05, 0) is 64.7 Å². The lowest BCUT2D eigenvalue weighted by molar-refractivity contribution is -0.118. The molecule has 0 aliphatic heterocycles. The quantitative estimate of drug-likeness (QED) is 0.396. The van der Waals surface area contributed by atoms with Gasteiger partial charge in [-0.25, -0.2) is 9.59 Å². The second kappa shape index (κ2) is 12.5. The van der Waals surface area contributed by atoms with Crippen LogP contribution in [-0.4, -0.2) is 42.9 Å². The van der Waals surface area contributed by atoms with E-state index < -0.39 is 23.8 Å². The van der Waals surface area contributed by atoms with Crippen molar-refractivity contribution >= 4 is 23.8 Å². The Hall–Kier alpha value is -3.03. The van der Waals surface area contributed by atoms with E-state index in [-0.39, 0.29) is 12.5 Å². The summed E-state index contributed by atoms with van der Waals surface area (Å²) in [5, 5.41) is 8.00. The van der Waals surface area contributed by atoms with Crippen LogP contribution in [0.3, 0.4) is 0 Å². The van der Waals surface area contributed by atoms with Crippen LogP contribution in [0.2, 0.25) is 0 Å². The summed E-state index contributed by atoms with van der Waals surface area (Å²) in [5.41, 5.74) is 0.869. The fraction of sp³-hybridized carbons (Fsp3) is 0.455. The van der Waals surface area contributed by atoms with E-state index in [2.05, 4.69) is 29.5 Å². The van der Waals surface area contributed by atoms with Gasteiger partial charge in [-0.3, -0.25) is 4.79 Å². The highest BCUT2D eigenvalue weighted by atomic mass is 16.6. The maximum absolute atomic E-state index is 12.6. The van der Waals surface area contributed by atoms with E-state index in [0.717, 1.165) is 5.56 Å². The third-order valence-corrected chi connectivity index (χ3v) is 3.75. The number of carbonyl (C=O) groups is 3. The number of nitrogens with one attached hydrogen (secondary N) is 3. The third-order valence-electron chi connectivity index (χ3n) is 3.75. The molecule has 1 atom stereocenters. The molecule has 8 heteroatoms. The van der Waals surface area contributed by atoms with Crippen LogP contribution >= 0.6 is 0 Å².